The van der Waals surface area contributed by atoms with E-state index in [9.17, 15) is 5.26 Å². The van der Waals surface area contributed by atoms with Crippen LogP contribution < -0.4 is 19.3 Å². The molecular formula is C36H22N4O2. The van der Waals surface area contributed by atoms with Crippen LogP contribution in [0.5, 0.6) is 23.0 Å². The first-order chi connectivity index (χ1) is 20.8. The highest BCUT2D eigenvalue weighted by Crippen LogP contribution is 2.52. The van der Waals surface area contributed by atoms with Gasteiger partial charge in [0.15, 0.2) is 23.0 Å². The fraction of sp³-hybridized carbons (Fsp3) is 0. The van der Waals surface area contributed by atoms with E-state index in [0.717, 1.165) is 62.7 Å². The van der Waals surface area contributed by atoms with Crippen molar-refractivity contribution in [2.45, 2.75) is 0 Å². The maximum absolute atomic E-state index is 10.1. The molecule has 6 heteroatoms. The van der Waals surface area contributed by atoms with Gasteiger partial charge in [0.2, 0.25) is 0 Å². The van der Waals surface area contributed by atoms with Crippen molar-refractivity contribution >= 4 is 34.1 Å². The van der Waals surface area contributed by atoms with Crippen molar-refractivity contribution in [1.82, 2.24) is 4.98 Å². The molecule has 0 aliphatic carbocycles. The first-order valence-corrected chi connectivity index (χ1v) is 13.6. The van der Waals surface area contributed by atoms with Gasteiger partial charge in [-0.25, -0.2) is 0 Å². The van der Waals surface area contributed by atoms with E-state index in [1.165, 1.54) is 0 Å². The third-order valence-electron chi connectivity index (χ3n) is 7.52. The quantitative estimate of drug-likeness (QED) is 0.221. The van der Waals surface area contributed by atoms with Crippen LogP contribution in [-0.4, -0.2) is 4.98 Å². The molecule has 0 amide bonds. The molecular weight excluding hydrogens is 520 g/mol. The lowest BCUT2D eigenvalue weighted by atomic mass is 10.0. The van der Waals surface area contributed by atoms with Gasteiger partial charge in [-0.3, -0.25) is 4.98 Å². The van der Waals surface area contributed by atoms with Crippen molar-refractivity contribution in [3.05, 3.63) is 139 Å². The molecule has 0 unspecified atom stereocenters. The zero-order valence-electron chi connectivity index (χ0n) is 22.3. The number of hydrogen-bond acceptors (Lipinski definition) is 6. The smallest absolute Gasteiger partial charge is 0.151 e. The summed E-state index contributed by atoms with van der Waals surface area (Å²) in [6, 6.07) is 44.1. The highest BCUT2D eigenvalue weighted by atomic mass is 16.5. The Kier molecular flexibility index (Phi) is 5.41. The molecule has 5 aromatic carbocycles. The largest absolute Gasteiger partial charge is 0.453 e. The summed E-state index contributed by atoms with van der Waals surface area (Å²) in [5, 5.41) is 10.1. The number of nitrogens with zero attached hydrogens (tertiary/aromatic N) is 4. The normalized spacial score (nSPS) is 12.5. The van der Waals surface area contributed by atoms with Crippen LogP contribution in [0, 0.1) is 11.3 Å². The van der Waals surface area contributed by atoms with Crippen LogP contribution in [0.2, 0.25) is 0 Å². The average molecular weight is 543 g/mol. The van der Waals surface area contributed by atoms with Crippen molar-refractivity contribution in [1.29, 1.82) is 5.26 Å². The van der Waals surface area contributed by atoms with Gasteiger partial charge >= 0.3 is 0 Å². The minimum atomic E-state index is 0.543. The van der Waals surface area contributed by atoms with Gasteiger partial charge in [-0.2, -0.15) is 5.26 Å². The fourth-order valence-corrected chi connectivity index (χ4v) is 5.65. The lowest BCUT2D eigenvalue weighted by Crippen LogP contribution is -2.16. The molecule has 198 valence electrons. The van der Waals surface area contributed by atoms with Gasteiger partial charge in [-0.1, -0.05) is 48.5 Å². The SMILES string of the molecule is N#Cc1ccc(N2c3ccccc3Oc3ccccc32)cc1-c1cc(N2c3ccccc3Oc3ccccc32)ccn1. The number of ether oxygens (including phenoxy) is 2. The third kappa shape index (κ3) is 3.76. The van der Waals surface area contributed by atoms with E-state index in [1.807, 2.05) is 127 Å². The first kappa shape index (κ1) is 23.8. The Morgan fingerprint density at radius 2 is 0.976 bits per heavy atom. The van der Waals surface area contributed by atoms with Gasteiger partial charge in [0.1, 0.15) is 0 Å². The van der Waals surface area contributed by atoms with Crippen LogP contribution >= 0.6 is 0 Å². The Morgan fingerprint density at radius 3 is 1.45 bits per heavy atom. The average Bonchev–Trinajstić information content (AvgIpc) is 3.05. The molecule has 0 radical (unpaired) electrons. The summed E-state index contributed by atoms with van der Waals surface area (Å²) in [6.07, 6.45) is 1.79. The Morgan fingerprint density at radius 1 is 0.524 bits per heavy atom. The molecule has 0 bridgehead atoms. The predicted molar refractivity (Wildman–Crippen MR) is 164 cm³/mol. The lowest BCUT2D eigenvalue weighted by Gasteiger charge is -2.33. The summed E-state index contributed by atoms with van der Waals surface area (Å²) in [6.45, 7) is 0. The van der Waals surface area contributed by atoms with Gasteiger partial charge in [0.05, 0.1) is 45.8 Å². The molecule has 0 spiro atoms. The molecule has 2 aliphatic rings. The van der Waals surface area contributed by atoms with Crippen LogP contribution in [0.15, 0.2) is 134 Å². The predicted octanol–water partition coefficient (Wildman–Crippen LogP) is 9.77. The summed E-state index contributed by atoms with van der Waals surface area (Å²) in [7, 11) is 0. The van der Waals surface area contributed by atoms with E-state index in [4.69, 9.17) is 14.5 Å². The Hall–Kier alpha value is -6.06. The van der Waals surface area contributed by atoms with Gasteiger partial charge in [0, 0.05) is 17.4 Å². The Labute approximate surface area is 242 Å². The fourth-order valence-electron chi connectivity index (χ4n) is 5.65. The summed E-state index contributed by atoms with van der Waals surface area (Å²) in [5.41, 5.74) is 7.52. The van der Waals surface area contributed by atoms with Crippen LogP contribution in [0.1, 0.15) is 5.56 Å². The second-order valence-electron chi connectivity index (χ2n) is 9.99. The number of nitriles is 1. The third-order valence-corrected chi connectivity index (χ3v) is 7.52. The van der Waals surface area contributed by atoms with Gasteiger partial charge < -0.3 is 19.3 Å². The van der Waals surface area contributed by atoms with Gasteiger partial charge in [-0.05, 0) is 78.9 Å². The molecule has 0 atom stereocenters. The maximum atomic E-state index is 10.1. The highest BCUT2D eigenvalue weighted by molar-refractivity contribution is 5.90. The zero-order valence-corrected chi connectivity index (χ0v) is 22.3. The van der Waals surface area contributed by atoms with Crippen molar-refractivity contribution in [2.75, 3.05) is 9.80 Å². The summed E-state index contributed by atoms with van der Waals surface area (Å²) >= 11 is 0. The summed E-state index contributed by atoms with van der Waals surface area (Å²) in [4.78, 5) is 9.08. The molecule has 0 saturated carbocycles. The molecule has 42 heavy (non-hydrogen) atoms. The molecule has 0 fully saturated rings. The van der Waals surface area contributed by atoms with Crippen molar-refractivity contribution in [2.24, 2.45) is 0 Å². The molecule has 6 nitrogen and oxygen atoms in total. The van der Waals surface area contributed by atoms with Gasteiger partial charge in [0.25, 0.3) is 0 Å². The number of rotatable bonds is 3. The zero-order chi connectivity index (χ0) is 28.0. The molecule has 6 aromatic rings. The monoisotopic (exact) mass is 542 g/mol. The highest BCUT2D eigenvalue weighted by Gasteiger charge is 2.28. The van der Waals surface area contributed by atoms with E-state index in [2.05, 4.69) is 15.9 Å². The minimum absolute atomic E-state index is 0.543. The first-order valence-electron chi connectivity index (χ1n) is 13.6. The van der Waals surface area contributed by atoms with E-state index in [-0.39, 0.29) is 0 Å². The molecule has 0 saturated heterocycles. The summed E-state index contributed by atoms with van der Waals surface area (Å²) < 4.78 is 12.4. The number of pyridine rings is 1. The van der Waals surface area contributed by atoms with E-state index in [0.29, 0.717) is 11.3 Å². The molecule has 3 heterocycles. The van der Waals surface area contributed by atoms with Crippen LogP contribution in [0.4, 0.5) is 34.1 Å². The number of aromatic nitrogens is 1. The van der Waals surface area contributed by atoms with E-state index in [1.54, 1.807) is 6.20 Å². The van der Waals surface area contributed by atoms with Crippen LogP contribution in [-0.2, 0) is 0 Å². The topological polar surface area (TPSA) is 61.6 Å². The number of benzene rings is 5. The van der Waals surface area contributed by atoms with Gasteiger partial charge in [-0.15, -0.1) is 0 Å². The second kappa shape index (κ2) is 9.54. The molecule has 8 rings (SSSR count). The summed E-state index contributed by atoms with van der Waals surface area (Å²) in [5.74, 6) is 3.09. The Balaban J connectivity index is 1.28. The van der Waals surface area contributed by atoms with Crippen LogP contribution in [0.25, 0.3) is 11.3 Å². The number of fused-ring (bicyclic) bond motifs is 4. The van der Waals surface area contributed by atoms with E-state index >= 15 is 0 Å². The standard InChI is InChI=1S/C36H22N4O2/c37-23-24-17-18-25(39-29-9-1-5-13-33(29)41-34-14-6-2-10-30(34)39)21-27(24)28-22-26(19-20-38-28)40-31-11-3-7-15-35(31)42-36-16-8-4-12-32(36)40/h1-22H. The maximum Gasteiger partial charge on any atom is 0.151 e. The lowest BCUT2D eigenvalue weighted by molar-refractivity contribution is 0.476. The number of anilines is 6. The van der Waals surface area contributed by atoms with Crippen molar-refractivity contribution in [3.8, 4) is 40.3 Å². The Bertz CT molecular complexity index is 1960. The van der Waals surface area contributed by atoms with E-state index < -0.39 is 0 Å². The van der Waals surface area contributed by atoms with Crippen molar-refractivity contribution < 1.29 is 9.47 Å². The number of hydrogen-bond donors (Lipinski definition) is 0. The minimum Gasteiger partial charge on any atom is -0.453 e. The molecule has 0 N–H and O–H groups in total. The van der Waals surface area contributed by atoms with Crippen LogP contribution in [0.3, 0.4) is 0 Å². The molecule has 1 aromatic heterocycles. The molecule has 2 aliphatic heterocycles. The second-order valence-corrected chi connectivity index (χ2v) is 9.99. The van der Waals surface area contributed by atoms with Crippen molar-refractivity contribution in [3.63, 3.8) is 0 Å². The number of para-hydroxylation sites is 8.